The minimum absolute atomic E-state index is 0.0414. The highest BCUT2D eigenvalue weighted by molar-refractivity contribution is 6.13. The van der Waals surface area contributed by atoms with Crippen molar-refractivity contribution < 1.29 is 4.42 Å². The van der Waals surface area contributed by atoms with E-state index in [1.54, 1.807) is 0 Å². The molecule has 9 rings (SSSR count). The van der Waals surface area contributed by atoms with Gasteiger partial charge in [0.05, 0.1) is 18.5 Å². The smallest absolute Gasteiger partial charge is 0.143 e. The van der Waals surface area contributed by atoms with E-state index in [1.807, 2.05) is 0 Å². The molecule has 0 amide bonds. The van der Waals surface area contributed by atoms with E-state index < -0.39 is 0 Å². The molecule has 8 aromatic rings. The van der Waals surface area contributed by atoms with Crippen LogP contribution in [-0.2, 0) is 0 Å². The van der Waals surface area contributed by atoms with Gasteiger partial charge in [-0.15, -0.1) is 0 Å². The molecule has 4 nitrogen and oxygen atoms in total. The van der Waals surface area contributed by atoms with Crippen LogP contribution in [0.5, 0.6) is 0 Å². The van der Waals surface area contributed by atoms with Gasteiger partial charge in [0.2, 0.25) is 0 Å². The van der Waals surface area contributed by atoms with Crippen molar-refractivity contribution in [2.75, 3.05) is 0 Å². The van der Waals surface area contributed by atoms with Crippen molar-refractivity contribution in [3.05, 3.63) is 168 Å². The second kappa shape index (κ2) is 10.7. The Labute approximate surface area is 261 Å². The van der Waals surface area contributed by atoms with Crippen LogP contribution in [0.3, 0.4) is 0 Å². The molecule has 1 aliphatic rings. The maximum Gasteiger partial charge on any atom is 0.143 e. The van der Waals surface area contributed by atoms with Crippen LogP contribution in [0.25, 0.3) is 54.6 Å². The highest BCUT2D eigenvalue weighted by atomic mass is 16.3. The van der Waals surface area contributed by atoms with Crippen molar-refractivity contribution in [1.82, 2.24) is 16.0 Å². The number of benzene rings is 7. The van der Waals surface area contributed by atoms with Crippen molar-refractivity contribution in [1.29, 1.82) is 0 Å². The van der Waals surface area contributed by atoms with Gasteiger partial charge in [-0.1, -0.05) is 140 Å². The maximum absolute atomic E-state index is 6.70. The van der Waals surface area contributed by atoms with Crippen molar-refractivity contribution in [2.24, 2.45) is 0 Å². The minimum atomic E-state index is -0.122. The number of hydrogen-bond donors (Lipinski definition) is 3. The third-order valence-corrected chi connectivity index (χ3v) is 9.19. The molecule has 0 bridgehead atoms. The van der Waals surface area contributed by atoms with Crippen LogP contribution < -0.4 is 16.0 Å². The van der Waals surface area contributed by atoms with Crippen LogP contribution in [0.2, 0.25) is 0 Å². The zero-order chi connectivity index (χ0) is 29.7. The van der Waals surface area contributed by atoms with Gasteiger partial charge >= 0.3 is 0 Å². The zero-order valence-electron chi connectivity index (χ0n) is 24.6. The summed E-state index contributed by atoms with van der Waals surface area (Å²) in [6.45, 7) is 0. The van der Waals surface area contributed by atoms with Gasteiger partial charge in [0.25, 0.3) is 0 Å². The first-order valence-electron chi connectivity index (χ1n) is 15.5. The fraction of sp³-hybridized carbons (Fsp3) is 0.0732. The Balaban J connectivity index is 1.17. The Morgan fingerprint density at radius 1 is 0.444 bits per heavy atom. The molecule has 216 valence electrons. The molecule has 7 aromatic carbocycles. The first-order chi connectivity index (χ1) is 22.3. The lowest BCUT2D eigenvalue weighted by molar-refractivity contribution is 0.204. The van der Waals surface area contributed by atoms with Gasteiger partial charge in [-0.05, 0) is 55.9 Å². The number of fused-ring (bicyclic) bond motifs is 6. The second-order valence-electron chi connectivity index (χ2n) is 11.8. The summed E-state index contributed by atoms with van der Waals surface area (Å²) in [7, 11) is 0. The lowest BCUT2D eigenvalue weighted by Crippen LogP contribution is -2.54. The fourth-order valence-corrected chi connectivity index (χ4v) is 7.02. The standard InChI is InChI=1S/C41H31N3O/c1-3-12-27(13-4-1)39-42-40(28-14-5-2-6-15-28)44-41(43-39)35-19-10-20-36-37(35)34-18-9-17-33(38(34)45-36)30-23-24-32-29(25-30)22-21-26-11-7-8-16-31(26)32/h1-25,39-44H. The molecule has 0 radical (unpaired) electrons. The lowest BCUT2D eigenvalue weighted by Gasteiger charge is -2.39. The molecule has 0 spiro atoms. The molecule has 1 fully saturated rings. The SMILES string of the molecule is c1ccc(C2NC(c3ccccc3)NC(c3cccc4oc5c(-c6ccc7c(ccc8ccccc87)c6)cccc5c34)N2)cc1. The predicted molar refractivity (Wildman–Crippen MR) is 185 cm³/mol. The van der Waals surface area contributed by atoms with E-state index in [0.717, 1.165) is 38.6 Å². The Hall–Kier alpha value is -5.26. The second-order valence-corrected chi connectivity index (χ2v) is 11.8. The van der Waals surface area contributed by atoms with E-state index >= 15 is 0 Å². The van der Waals surface area contributed by atoms with Crippen molar-refractivity contribution in [3.8, 4) is 11.1 Å². The quantitative estimate of drug-likeness (QED) is 0.181. The van der Waals surface area contributed by atoms with Crippen LogP contribution in [0.1, 0.15) is 35.2 Å². The highest BCUT2D eigenvalue weighted by Gasteiger charge is 2.31. The summed E-state index contributed by atoms with van der Waals surface area (Å²) in [4.78, 5) is 0. The van der Waals surface area contributed by atoms with Gasteiger partial charge in [0.15, 0.2) is 0 Å². The molecule has 4 heteroatoms. The third-order valence-electron chi connectivity index (χ3n) is 9.19. The molecule has 1 aliphatic heterocycles. The average molecular weight is 582 g/mol. The van der Waals surface area contributed by atoms with E-state index in [1.165, 1.54) is 32.7 Å². The summed E-state index contributed by atoms with van der Waals surface area (Å²) in [6.07, 6.45) is -0.204. The van der Waals surface area contributed by atoms with Crippen LogP contribution in [0.15, 0.2) is 156 Å². The summed E-state index contributed by atoms with van der Waals surface area (Å²) in [5.41, 5.74) is 7.60. The predicted octanol–water partition coefficient (Wildman–Crippen LogP) is 9.74. The van der Waals surface area contributed by atoms with Crippen LogP contribution in [0.4, 0.5) is 0 Å². The van der Waals surface area contributed by atoms with E-state index in [0.29, 0.717) is 0 Å². The molecule has 1 aromatic heterocycles. The molecule has 0 aliphatic carbocycles. The van der Waals surface area contributed by atoms with Crippen molar-refractivity contribution in [3.63, 3.8) is 0 Å². The number of furan rings is 1. The number of rotatable bonds is 4. The molecule has 0 saturated carbocycles. The van der Waals surface area contributed by atoms with Gasteiger partial charge in [0, 0.05) is 16.3 Å². The highest BCUT2D eigenvalue weighted by Crippen LogP contribution is 2.41. The Bertz CT molecular complexity index is 2280. The van der Waals surface area contributed by atoms with Crippen LogP contribution in [0, 0.1) is 0 Å². The summed E-state index contributed by atoms with van der Waals surface area (Å²) in [5, 5.41) is 18.7. The molecule has 2 heterocycles. The Morgan fingerprint density at radius 3 is 1.84 bits per heavy atom. The van der Waals surface area contributed by atoms with E-state index in [9.17, 15) is 0 Å². The van der Waals surface area contributed by atoms with E-state index in [2.05, 4.69) is 168 Å². The molecule has 3 N–H and O–H groups in total. The summed E-state index contributed by atoms with van der Waals surface area (Å²) in [6, 6.07) is 53.8. The number of hydrogen-bond acceptors (Lipinski definition) is 4. The van der Waals surface area contributed by atoms with Crippen molar-refractivity contribution >= 4 is 43.5 Å². The molecule has 2 atom stereocenters. The average Bonchev–Trinajstić information content (AvgIpc) is 3.51. The lowest BCUT2D eigenvalue weighted by atomic mass is 9.95. The van der Waals surface area contributed by atoms with Gasteiger partial charge in [0.1, 0.15) is 11.2 Å². The summed E-state index contributed by atoms with van der Waals surface area (Å²) >= 11 is 0. The van der Waals surface area contributed by atoms with Gasteiger partial charge < -0.3 is 4.42 Å². The topological polar surface area (TPSA) is 49.2 Å². The summed E-state index contributed by atoms with van der Waals surface area (Å²) in [5.74, 6) is 0. The summed E-state index contributed by atoms with van der Waals surface area (Å²) < 4.78 is 6.70. The Morgan fingerprint density at radius 2 is 1.07 bits per heavy atom. The monoisotopic (exact) mass is 581 g/mol. The maximum atomic E-state index is 6.70. The molecule has 2 unspecified atom stereocenters. The first-order valence-corrected chi connectivity index (χ1v) is 15.5. The molecule has 45 heavy (non-hydrogen) atoms. The zero-order valence-corrected chi connectivity index (χ0v) is 24.6. The van der Waals surface area contributed by atoms with Crippen LogP contribution >= 0.6 is 0 Å². The normalized spacial score (nSPS) is 18.6. The van der Waals surface area contributed by atoms with Gasteiger partial charge in [-0.2, -0.15) is 0 Å². The number of nitrogens with one attached hydrogen (secondary N) is 3. The molecular formula is C41H31N3O. The van der Waals surface area contributed by atoms with E-state index in [4.69, 9.17) is 4.42 Å². The molecule has 1 saturated heterocycles. The van der Waals surface area contributed by atoms with Crippen LogP contribution in [-0.4, -0.2) is 0 Å². The van der Waals surface area contributed by atoms with Gasteiger partial charge in [-0.3, -0.25) is 16.0 Å². The van der Waals surface area contributed by atoms with Gasteiger partial charge in [-0.25, -0.2) is 0 Å². The van der Waals surface area contributed by atoms with E-state index in [-0.39, 0.29) is 18.5 Å². The third kappa shape index (κ3) is 4.50. The Kier molecular flexibility index (Phi) is 6.23. The largest absolute Gasteiger partial charge is 0.455 e. The first kappa shape index (κ1) is 26.2. The molecular weight excluding hydrogens is 550 g/mol. The number of para-hydroxylation sites is 1. The fourth-order valence-electron chi connectivity index (χ4n) is 7.02. The van der Waals surface area contributed by atoms with Crippen molar-refractivity contribution in [2.45, 2.75) is 18.5 Å². The minimum Gasteiger partial charge on any atom is -0.455 e.